The summed E-state index contributed by atoms with van der Waals surface area (Å²) in [5, 5.41) is 2.90. The van der Waals surface area contributed by atoms with E-state index in [0.29, 0.717) is 11.3 Å². The Morgan fingerprint density at radius 3 is 2.66 bits per heavy atom. The molecule has 1 aliphatic heterocycles. The van der Waals surface area contributed by atoms with Crippen molar-refractivity contribution in [3.8, 4) is 0 Å². The van der Waals surface area contributed by atoms with Crippen LogP contribution in [0.2, 0.25) is 0 Å². The number of hydrogen-bond donors (Lipinski definition) is 1. The van der Waals surface area contributed by atoms with E-state index in [0.717, 1.165) is 29.8 Å². The normalized spacial score (nSPS) is 15.9. The molecule has 0 aliphatic carbocycles. The van der Waals surface area contributed by atoms with Crippen LogP contribution < -0.4 is 10.2 Å². The molecule has 4 rings (SSSR count). The zero-order valence-corrected chi connectivity index (χ0v) is 15.6. The number of para-hydroxylation sites is 1. The average molecular weight is 397 g/mol. The van der Waals surface area contributed by atoms with Gasteiger partial charge < -0.3 is 10.2 Å². The zero-order valence-electron chi connectivity index (χ0n) is 15.6. The number of benzene rings is 2. The molecule has 0 fully saturated rings. The van der Waals surface area contributed by atoms with Gasteiger partial charge in [0.05, 0.1) is 23.0 Å². The molecule has 1 atom stereocenters. The Morgan fingerprint density at radius 2 is 1.86 bits per heavy atom. The van der Waals surface area contributed by atoms with Gasteiger partial charge >= 0.3 is 6.18 Å². The van der Waals surface area contributed by atoms with Crippen molar-refractivity contribution in [2.45, 2.75) is 25.6 Å². The third-order valence-electron chi connectivity index (χ3n) is 4.89. The smallest absolute Gasteiger partial charge is 0.354 e. The zero-order chi connectivity index (χ0) is 20.6. The predicted molar refractivity (Wildman–Crippen MR) is 105 cm³/mol. The minimum Gasteiger partial charge on any atom is -0.354 e. The molecule has 0 saturated carbocycles. The molecule has 1 amide bonds. The molecule has 148 valence electrons. The van der Waals surface area contributed by atoms with Crippen LogP contribution in [-0.4, -0.2) is 16.9 Å². The Morgan fingerprint density at radius 1 is 1.07 bits per heavy atom. The van der Waals surface area contributed by atoms with Gasteiger partial charge in [-0.3, -0.25) is 9.78 Å². The molecule has 1 N–H and O–H groups in total. The molecular weight excluding hydrogens is 379 g/mol. The Balaban J connectivity index is 1.59. The quantitative estimate of drug-likeness (QED) is 0.641. The second-order valence-electron chi connectivity index (χ2n) is 7.02. The van der Waals surface area contributed by atoms with E-state index in [1.165, 1.54) is 24.5 Å². The van der Waals surface area contributed by atoms with Crippen LogP contribution in [0.3, 0.4) is 0 Å². The number of anilines is 3. The van der Waals surface area contributed by atoms with Crippen LogP contribution in [-0.2, 0) is 12.6 Å². The highest BCUT2D eigenvalue weighted by Gasteiger charge is 2.32. The van der Waals surface area contributed by atoms with Crippen molar-refractivity contribution < 1.29 is 18.0 Å². The first-order chi connectivity index (χ1) is 13.8. The highest BCUT2D eigenvalue weighted by atomic mass is 19.4. The molecule has 29 heavy (non-hydrogen) atoms. The Bertz CT molecular complexity index is 1060. The number of alkyl halides is 3. The molecule has 2 aromatic carbocycles. The summed E-state index contributed by atoms with van der Waals surface area (Å²) in [6.45, 7) is 1.98. The largest absolute Gasteiger partial charge is 0.416 e. The fraction of sp³-hybridized carbons (Fsp3) is 0.182. The predicted octanol–water partition coefficient (Wildman–Crippen LogP) is 5.44. The Kier molecular flexibility index (Phi) is 4.74. The summed E-state index contributed by atoms with van der Waals surface area (Å²) < 4.78 is 38.8. The van der Waals surface area contributed by atoms with E-state index in [1.807, 2.05) is 31.2 Å². The van der Waals surface area contributed by atoms with Gasteiger partial charge in [-0.1, -0.05) is 24.3 Å². The summed E-state index contributed by atoms with van der Waals surface area (Å²) >= 11 is 0. The molecule has 0 bridgehead atoms. The number of carbonyl (C=O) groups is 1. The fourth-order valence-corrected chi connectivity index (χ4v) is 3.58. The highest BCUT2D eigenvalue weighted by molar-refractivity contribution is 6.08. The van der Waals surface area contributed by atoms with Gasteiger partial charge in [0, 0.05) is 23.6 Å². The number of pyridine rings is 1. The van der Waals surface area contributed by atoms with Crippen molar-refractivity contribution in [3.05, 3.63) is 83.7 Å². The summed E-state index contributed by atoms with van der Waals surface area (Å²) in [4.78, 5) is 18.9. The van der Waals surface area contributed by atoms with E-state index in [4.69, 9.17) is 0 Å². The van der Waals surface area contributed by atoms with Crippen molar-refractivity contribution >= 4 is 23.0 Å². The number of hydrogen-bond acceptors (Lipinski definition) is 3. The van der Waals surface area contributed by atoms with Gasteiger partial charge in [0.1, 0.15) is 0 Å². The Hall–Kier alpha value is -3.35. The number of rotatable bonds is 3. The number of nitrogens with one attached hydrogen (secondary N) is 1. The monoisotopic (exact) mass is 397 g/mol. The van der Waals surface area contributed by atoms with Gasteiger partial charge in [-0.25, -0.2) is 0 Å². The van der Waals surface area contributed by atoms with Crippen molar-refractivity contribution in [3.63, 3.8) is 0 Å². The van der Waals surface area contributed by atoms with Gasteiger partial charge in [0.2, 0.25) is 0 Å². The van der Waals surface area contributed by atoms with Crippen LogP contribution in [0.4, 0.5) is 30.2 Å². The molecule has 2 heterocycles. The number of nitrogens with zero attached hydrogens (tertiary/aromatic N) is 2. The van der Waals surface area contributed by atoms with Crippen molar-refractivity contribution in [1.82, 2.24) is 4.98 Å². The first-order valence-corrected chi connectivity index (χ1v) is 9.14. The van der Waals surface area contributed by atoms with Crippen molar-refractivity contribution in [2.75, 3.05) is 10.2 Å². The minimum absolute atomic E-state index is 0.0139. The summed E-state index contributed by atoms with van der Waals surface area (Å²) in [6, 6.07) is 14.3. The number of carbonyl (C=O) groups excluding carboxylic acids is 1. The van der Waals surface area contributed by atoms with E-state index in [1.54, 1.807) is 11.0 Å². The number of halogens is 3. The summed E-state index contributed by atoms with van der Waals surface area (Å²) in [6.07, 6.45) is -0.712. The number of fused-ring (bicyclic) bond motifs is 1. The maximum Gasteiger partial charge on any atom is 0.416 e. The van der Waals surface area contributed by atoms with Crippen LogP contribution in [0.5, 0.6) is 0 Å². The third kappa shape index (κ3) is 3.81. The molecule has 3 aromatic rings. The SMILES string of the molecule is CC1Cc2ccccc2N1C(=O)c1cncc(Nc2cccc(C(F)(F)F)c2)c1. The molecule has 7 heteroatoms. The molecule has 0 radical (unpaired) electrons. The highest BCUT2D eigenvalue weighted by Crippen LogP contribution is 2.34. The van der Waals surface area contributed by atoms with Crippen LogP contribution >= 0.6 is 0 Å². The summed E-state index contributed by atoms with van der Waals surface area (Å²) in [5.41, 5.74) is 2.32. The van der Waals surface area contributed by atoms with Crippen molar-refractivity contribution in [2.24, 2.45) is 0 Å². The standard InChI is InChI=1S/C22H18F3N3O/c1-14-9-15-5-2-3-8-20(15)28(14)21(29)16-10-19(13-26-12-16)27-18-7-4-6-17(11-18)22(23,24)25/h2-8,10-14,27H,9H2,1H3. The third-order valence-corrected chi connectivity index (χ3v) is 4.89. The van der Waals surface area contributed by atoms with E-state index in [9.17, 15) is 18.0 Å². The Labute approximate surface area is 166 Å². The van der Waals surface area contributed by atoms with Crippen molar-refractivity contribution in [1.29, 1.82) is 0 Å². The summed E-state index contributed by atoms with van der Waals surface area (Å²) in [5.74, 6) is -0.192. The molecule has 4 nitrogen and oxygen atoms in total. The molecule has 1 aliphatic rings. The number of aromatic nitrogens is 1. The maximum atomic E-state index is 13.1. The number of amides is 1. The van der Waals surface area contributed by atoms with Gasteiger partial charge in [0.15, 0.2) is 0 Å². The average Bonchev–Trinajstić information content (AvgIpc) is 3.03. The molecule has 1 unspecified atom stereocenters. The first kappa shape index (κ1) is 19.0. The maximum absolute atomic E-state index is 13.1. The molecule has 0 spiro atoms. The topological polar surface area (TPSA) is 45.2 Å². The molecular formula is C22H18F3N3O. The van der Waals surface area contributed by atoms with Crippen LogP contribution in [0.25, 0.3) is 0 Å². The van der Waals surface area contributed by atoms with Gasteiger partial charge in [-0.2, -0.15) is 13.2 Å². The van der Waals surface area contributed by atoms with Gasteiger partial charge in [-0.05, 0) is 49.2 Å². The molecule has 0 saturated heterocycles. The summed E-state index contributed by atoms with van der Waals surface area (Å²) in [7, 11) is 0. The lowest BCUT2D eigenvalue weighted by molar-refractivity contribution is -0.137. The van der Waals surface area contributed by atoms with Crippen LogP contribution in [0.15, 0.2) is 67.0 Å². The minimum atomic E-state index is -4.42. The van der Waals surface area contributed by atoms with E-state index in [-0.39, 0.29) is 17.6 Å². The van der Waals surface area contributed by atoms with Gasteiger partial charge in [0.25, 0.3) is 5.91 Å². The van der Waals surface area contributed by atoms with E-state index in [2.05, 4.69) is 10.3 Å². The second-order valence-corrected chi connectivity index (χ2v) is 7.02. The lowest BCUT2D eigenvalue weighted by atomic mass is 10.1. The van der Waals surface area contributed by atoms with Gasteiger partial charge in [-0.15, -0.1) is 0 Å². The lowest BCUT2D eigenvalue weighted by Crippen LogP contribution is -2.35. The van der Waals surface area contributed by atoms with E-state index < -0.39 is 11.7 Å². The molecule has 1 aromatic heterocycles. The first-order valence-electron chi connectivity index (χ1n) is 9.14. The van der Waals surface area contributed by atoms with E-state index >= 15 is 0 Å². The van der Waals surface area contributed by atoms with Crippen LogP contribution in [0, 0.1) is 0 Å². The lowest BCUT2D eigenvalue weighted by Gasteiger charge is -2.23. The fourth-order valence-electron chi connectivity index (χ4n) is 3.58. The van der Waals surface area contributed by atoms with Crippen LogP contribution in [0.1, 0.15) is 28.4 Å². The second kappa shape index (κ2) is 7.24.